The van der Waals surface area contributed by atoms with E-state index in [1.807, 2.05) is 36.4 Å². The van der Waals surface area contributed by atoms with Gasteiger partial charge in [-0.05, 0) is 41.5 Å². The minimum atomic E-state index is -0.372. The summed E-state index contributed by atoms with van der Waals surface area (Å²) >= 11 is 6.29. The number of rotatable bonds is 1. The highest BCUT2D eigenvalue weighted by Gasteiger charge is 2.25. The van der Waals surface area contributed by atoms with Gasteiger partial charge in [-0.1, -0.05) is 41.9 Å². The molecular weight excluding hydrogens is 313 g/mol. The first-order valence-electron chi connectivity index (χ1n) is 7.14. The van der Waals surface area contributed by atoms with E-state index < -0.39 is 0 Å². The van der Waals surface area contributed by atoms with E-state index in [1.54, 1.807) is 12.1 Å². The molecule has 0 fully saturated rings. The molecule has 0 saturated heterocycles. The number of carbonyl (C=O) groups excluding carboxylic acids is 1. The molecule has 3 aliphatic rings. The van der Waals surface area contributed by atoms with Crippen LogP contribution in [0.3, 0.4) is 0 Å². The molecule has 0 aromatic heterocycles. The van der Waals surface area contributed by atoms with Gasteiger partial charge in [-0.15, -0.1) is 0 Å². The van der Waals surface area contributed by atoms with Crippen LogP contribution < -0.4 is 5.32 Å². The molecular formula is C19H11ClFNO. The van der Waals surface area contributed by atoms with E-state index in [2.05, 4.69) is 5.32 Å². The predicted octanol–water partition coefficient (Wildman–Crippen LogP) is 5.08. The summed E-state index contributed by atoms with van der Waals surface area (Å²) in [7, 11) is 0. The van der Waals surface area contributed by atoms with Crippen LogP contribution in [0.2, 0.25) is 5.02 Å². The van der Waals surface area contributed by atoms with Crippen molar-refractivity contribution >= 4 is 34.8 Å². The van der Waals surface area contributed by atoms with Gasteiger partial charge < -0.3 is 5.32 Å². The van der Waals surface area contributed by atoms with Crippen molar-refractivity contribution in [3.63, 3.8) is 0 Å². The van der Waals surface area contributed by atoms with Gasteiger partial charge in [0.1, 0.15) is 5.82 Å². The van der Waals surface area contributed by atoms with Crippen molar-refractivity contribution in [2.24, 2.45) is 0 Å². The zero-order chi connectivity index (χ0) is 16.0. The Balaban J connectivity index is 1.90. The number of benzene rings is 1. The molecule has 0 spiro atoms. The van der Waals surface area contributed by atoms with Gasteiger partial charge in [-0.25, -0.2) is 4.39 Å². The summed E-state index contributed by atoms with van der Waals surface area (Å²) in [5.74, 6) is -0.612. The molecule has 4 heteroatoms. The molecule has 1 N–H and O–H groups in total. The molecule has 0 bridgehead atoms. The van der Waals surface area contributed by atoms with E-state index in [1.165, 1.54) is 12.1 Å². The predicted molar refractivity (Wildman–Crippen MR) is 91.0 cm³/mol. The summed E-state index contributed by atoms with van der Waals surface area (Å²) in [6.07, 6.45) is 1.76. The average Bonchev–Trinajstić information content (AvgIpc) is 2.86. The Morgan fingerprint density at radius 3 is 2.57 bits per heavy atom. The van der Waals surface area contributed by atoms with Crippen LogP contribution in [0, 0.1) is 5.82 Å². The van der Waals surface area contributed by atoms with Crippen molar-refractivity contribution in [1.82, 2.24) is 0 Å². The monoisotopic (exact) mass is 323 g/mol. The molecule has 2 nitrogen and oxygen atoms in total. The molecule has 1 aliphatic heterocycles. The smallest absolute Gasteiger partial charge is 0.256 e. The topological polar surface area (TPSA) is 29.1 Å². The number of hydrogen-bond donors (Lipinski definition) is 1. The lowest BCUT2D eigenvalue weighted by Crippen LogP contribution is -2.03. The van der Waals surface area contributed by atoms with Crippen LogP contribution in [0.4, 0.5) is 10.1 Å². The number of amides is 1. The molecule has 0 radical (unpaired) electrons. The molecule has 0 unspecified atom stereocenters. The SMILES string of the molecule is O=C1Nc2ccc(F)cc2/C1=C/c1cc(Cl)c2cccccc1-2. The molecule has 1 aromatic carbocycles. The van der Waals surface area contributed by atoms with Crippen molar-refractivity contribution in [2.45, 2.75) is 0 Å². The van der Waals surface area contributed by atoms with Gasteiger partial charge in [-0.2, -0.15) is 0 Å². The molecule has 4 rings (SSSR count). The van der Waals surface area contributed by atoms with E-state index in [0.717, 1.165) is 16.7 Å². The number of nitrogens with one attached hydrogen (secondary N) is 1. The van der Waals surface area contributed by atoms with Crippen LogP contribution in [-0.2, 0) is 4.79 Å². The van der Waals surface area contributed by atoms with Crippen molar-refractivity contribution in [1.29, 1.82) is 0 Å². The van der Waals surface area contributed by atoms with Gasteiger partial charge in [0.15, 0.2) is 0 Å². The van der Waals surface area contributed by atoms with Gasteiger partial charge in [0.25, 0.3) is 5.91 Å². The molecule has 0 atom stereocenters. The summed E-state index contributed by atoms with van der Waals surface area (Å²) in [5, 5.41) is 3.37. The molecule has 0 saturated carbocycles. The molecule has 1 heterocycles. The minimum Gasteiger partial charge on any atom is -0.321 e. The zero-order valence-corrected chi connectivity index (χ0v) is 12.7. The maximum atomic E-state index is 13.5. The zero-order valence-electron chi connectivity index (χ0n) is 11.9. The molecule has 23 heavy (non-hydrogen) atoms. The Morgan fingerprint density at radius 2 is 1.74 bits per heavy atom. The molecule has 1 amide bonds. The Labute approximate surface area is 137 Å². The first-order valence-corrected chi connectivity index (χ1v) is 7.51. The maximum absolute atomic E-state index is 13.5. The lowest BCUT2D eigenvalue weighted by Gasteiger charge is -2.00. The summed E-state index contributed by atoms with van der Waals surface area (Å²) in [6.45, 7) is 0. The first kappa shape index (κ1) is 14.0. The van der Waals surface area contributed by atoms with Crippen LogP contribution in [0.25, 0.3) is 22.8 Å². The maximum Gasteiger partial charge on any atom is 0.256 e. The summed E-state index contributed by atoms with van der Waals surface area (Å²) in [4.78, 5) is 12.2. The van der Waals surface area contributed by atoms with Crippen molar-refractivity contribution < 1.29 is 9.18 Å². The number of fused-ring (bicyclic) bond motifs is 2. The van der Waals surface area contributed by atoms with Crippen molar-refractivity contribution in [3.8, 4) is 11.1 Å². The van der Waals surface area contributed by atoms with E-state index >= 15 is 0 Å². The van der Waals surface area contributed by atoms with Gasteiger partial charge >= 0.3 is 0 Å². The van der Waals surface area contributed by atoms with E-state index in [0.29, 0.717) is 21.8 Å². The normalized spacial score (nSPS) is 15.0. The van der Waals surface area contributed by atoms with Crippen LogP contribution in [0.15, 0.2) is 54.6 Å². The van der Waals surface area contributed by atoms with E-state index in [4.69, 9.17) is 11.6 Å². The largest absolute Gasteiger partial charge is 0.321 e. The second-order valence-electron chi connectivity index (χ2n) is 5.39. The standard InChI is InChI=1S/C19H11ClFNO/c20-17-9-11(13-4-2-1-3-5-14(13)17)8-16-15-10-12(21)6-7-18(15)22-19(16)23/h1-10H,(H,22,23)/b16-8-. The Morgan fingerprint density at radius 1 is 0.957 bits per heavy atom. The van der Waals surface area contributed by atoms with Gasteiger partial charge in [0.05, 0.1) is 0 Å². The van der Waals surface area contributed by atoms with Crippen LogP contribution in [-0.4, -0.2) is 5.91 Å². The quantitative estimate of drug-likeness (QED) is 0.622. The van der Waals surface area contributed by atoms with Crippen LogP contribution in [0.5, 0.6) is 0 Å². The lowest BCUT2D eigenvalue weighted by atomic mass is 10.0. The minimum absolute atomic E-state index is 0.239. The number of halogens is 2. The Bertz CT molecular complexity index is 948. The van der Waals surface area contributed by atoms with E-state index in [-0.39, 0.29) is 11.7 Å². The Kier molecular flexibility index (Phi) is 3.17. The van der Waals surface area contributed by atoms with Crippen molar-refractivity contribution in [3.05, 3.63) is 76.6 Å². The molecule has 2 aliphatic carbocycles. The molecule has 1 aromatic rings. The average molecular weight is 324 g/mol. The summed E-state index contributed by atoms with van der Waals surface area (Å²) in [5.41, 5.74) is 4.33. The van der Waals surface area contributed by atoms with Crippen LogP contribution in [0.1, 0.15) is 11.1 Å². The van der Waals surface area contributed by atoms with Gasteiger partial charge in [-0.3, -0.25) is 4.79 Å². The number of hydrogen-bond acceptors (Lipinski definition) is 1. The third-order valence-electron chi connectivity index (χ3n) is 3.95. The number of anilines is 1. The first-order chi connectivity index (χ1) is 11.1. The second kappa shape index (κ2) is 5.21. The van der Waals surface area contributed by atoms with Gasteiger partial charge in [0.2, 0.25) is 0 Å². The Hall–Kier alpha value is -2.65. The van der Waals surface area contributed by atoms with Crippen molar-refractivity contribution in [2.75, 3.05) is 5.32 Å². The fraction of sp³-hybridized carbons (Fsp3) is 0. The second-order valence-corrected chi connectivity index (χ2v) is 5.79. The third kappa shape index (κ3) is 2.30. The lowest BCUT2D eigenvalue weighted by molar-refractivity contribution is -0.110. The highest BCUT2D eigenvalue weighted by atomic mass is 35.5. The summed E-state index contributed by atoms with van der Waals surface area (Å²) in [6, 6.07) is 15.7. The highest BCUT2D eigenvalue weighted by Crippen LogP contribution is 2.39. The van der Waals surface area contributed by atoms with Gasteiger partial charge in [0, 0.05) is 27.4 Å². The highest BCUT2D eigenvalue weighted by molar-refractivity contribution is 6.36. The third-order valence-corrected chi connectivity index (χ3v) is 4.27. The number of carbonyl (C=O) groups is 1. The van der Waals surface area contributed by atoms with E-state index in [9.17, 15) is 9.18 Å². The fourth-order valence-electron chi connectivity index (χ4n) is 2.88. The molecule has 112 valence electrons. The van der Waals surface area contributed by atoms with Crippen LogP contribution >= 0.6 is 11.6 Å². The summed E-state index contributed by atoms with van der Waals surface area (Å²) < 4.78 is 13.5. The fourth-order valence-corrected chi connectivity index (χ4v) is 3.16.